The van der Waals surface area contributed by atoms with E-state index in [9.17, 15) is 0 Å². The van der Waals surface area contributed by atoms with Crippen LogP contribution in [0.5, 0.6) is 0 Å². The molecule has 4 rings (SSSR count). The molecule has 2 aromatic rings. The Labute approximate surface area is 123 Å². The quantitative estimate of drug-likeness (QED) is 0.850. The van der Waals surface area contributed by atoms with Crippen LogP contribution in [0.25, 0.3) is 5.65 Å². The second kappa shape index (κ2) is 5.37. The van der Waals surface area contributed by atoms with E-state index in [0.717, 1.165) is 17.5 Å². The number of pyridine rings is 1. The molecule has 0 spiro atoms. The van der Waals surface area contributed by atoms with E-state index in [2.05, 4.69) is 43.5 Å². The van der Waals surface area contributed by atoms with Gasteiger partial charge in [0.2, 0.25) is 0 Å². The number of likely N-dealkylation sites (tertiary alicyclic amines) is 1. The third-order valence-corrected chi connectivity index (χ3v) is 5.80. The lowest BCUT2D eigenvalue weighted by molar-refractivity contribution is 0.162. The monoisotopic (exact) mass is 288 g/mol. The van der Waals surface area contributed by atoms with Gasteiger partial charge in [-0.05, 0) is 50.2 Å². The standard InChI is InChI=1S/C15H20N4S/c1-2-7-19-14(3-1)16-17-15(19)12-4-8-18(9-5-12)13-6-10-20-11-13/h1-3,7,12-13H,4-6,8-11H2. The number of piperidine rings is 1. The highest BCUT2D eigenvalue weighted by Crippen LogP contribution is 2.31. The largest absolute Gasteiger partial charge is 0.299 e. The topological polar surface area (TPSA) is 33.4 Å². The van der Waals surface area contributed by atoms with Crippen LogP contribution in [0, 0.1) is 0 Å². The zero-order valence-electron chi connectivity index (χ0n) is 11.6. The van der Waals surface area contributed by atoms with Gasteiger partial charge in [0, 0.05) is 23.9 Å². The first-order valence-electron chi connectivity index (χ1n) is 7.53. The number of fused-ring (bicyclic) bond motifs is 1. The van der Waals surface area contributed by atoms with Gasteiger partial charge in [-0.1, -0.05) is 6.07 Å². The molecule has 20 heavy (non-hydrogen) atoms. The van der Waals surface area contributed by atoms with Crippen LogP contribution in [0.2, 0.25) is 0 Å². The normalized spacial score (nSPS) is 25.5. The van der Waals surface area contributed by atoms with Crippen molar-refractivity contribution >= 4 is 17.4 Å². The van der Waals surface area contributed by atoms with Crippen molar-refractivity contribution in [2.24, 2.45) is 0 Å². The molecule has 4 heterocycles. The maximum atomic E-state index is 4.43. The van der Waals surface area contributed by atoms with Crippen LogP contribution < -0.4 is 0 Å². The molecule has 5 heteroatoms. The summed E-state index contributed by atoms with van der Waals surface area (Å²) in [5, 5.41) is 8.72. The van der Waals surface area contributed by atoms with Crippen molar-refractivity contribution in [1.29, 1.82) is 0 Å². The van der Waals surface area contributed by atoms with Crippen LogP contribution in [0.3, 0.4) is 0 Å². The van der Waals surface area contributed by atoms with Gasteiger partial charge in [-0.2, -0.15) is 11.8 Å². The maximum Gasteiger partial charge on any atom is 0.160 e. The van der Waals surface area contributed by atoms with Gasteiger partial charge in [0.05, 0.1) is 0 Å². The molecule has 1 unspecified atom stereocenters. The zero-order chi connectivity index (χ0) is 13.4. The second-order valence-corrected chi connectivity index (χ2v) is 6.96. The average molecular weight is 288 g/mol. The van der Waals surface area contributed by atoms with Crippen molar-refractivity contribution in [1.82, 2.24) is 19.5 Å². The van der Waals surface area contributed by atoms with Gasteiger partial charge in [0.25, 0.3) is 0 Å². The Balaban J connectivity index is 1.48. The molecule has 0 amide bonds. The van der Waals surface area contributed by atoms with Crippen molar-refractivity contribution in [3.05, 3.63) is 30.2 Å². The number of rotatable bonds is 2. The van der Waals surface area contributed by atoms with E-state index < -0.39 is 0 Å². The molecular weight excluding hydrogens is 268 g/mol. The van der Waals surface area contributed by atoms with Crippen molar-refractivity contribution in [3.63, 3.8) is 0 Å². The molecule has 2 fully saturated rings. The highest BCUT2D eigenvalue weighted by Gasteiger charge is 2.29. The maximum absolute atomic E-state index is 4.43. The van der Waals surface area contributed by atoms with Crippen molar-refractivity contribution in [2.45, 2.75) is 31.2 Å². The lowest BCUT2D eigenvalue weighted by Gasteiger charge is -2.35. The Morgan fingerprint density at radius 2 is 2.00 bits per heavy atom. The van der Waals surface area contributed by atoms with Crippen molar-refractivity contribution < 1.29 is 0 Å². The molecule has 2 aromatic heterocycles. The van der Waals surface area contributed by atoms with Gasteiger partial charge in [0.15, 0.2) is 5.65 Å². The summed E-state index contributed by atoms with van der Waals surface area (Å²) >= 11 is 2.11. The van der Waals surface area contributed by atoms with Crippen LogP contribution in [0.4, 0.5) is 0 Å². The minimum absolute atomic E-state index is 0.567. The summed E-state index contributed by atoms with van der Waals surface area (Å²) in [6.07, 6.45) is 5.90. The van der Waals surface area contributed by atoms with Gasteiger partial charge in [-0.15, -0.1) is 10.2 Å². The summed E-state index contributed by atoms with van der Waals surface area (Å²) in [5.41, 5.74) is 0.970. The summed E-state index contributed by atoms with van der Waals surface area (Å²) < 4.78 is 2.16. The summed E-state index contributed by atoms with van der Waals surface area (Å²) in [6.45, 7) is 2.44. The molecule has 106 valence electrons. The Bertz CT molecular complexity index is 582. The Kier molecular flexibility index (Phi) is 3.40. The Morgan fingerprint density at radius 3 is 2.80 bits per heavy atom. The molecule has 1 atom stereocenters. The van der Waals surface area contributed by atoms with Crippen LogP contribution in [0.1, 0.15) is 31.0 Å². The van der Waals surface area contributed by atoms with Gasteiger partial charge < -0.3 is 0 Å². The number of hydrogen-bond acceptors (Lipinski definition) is 4. The Morgan fingerprint density at radius 1 is 1.10 bits per heavy atom. The predicted molar refractivity (Wildman–Crippen MR) is 82.3 cm³/mol. The summed E-state index contributed by atoms with van der Waals surface area (Å²) in [6, 6.07) is 6.94. The SMILES string of the molecule is c1ccn2c(C3CCN(C4CCSC4)CC3)nnc2c1. The van der Waals surface area contributed by atoms with E-state index in [0.29, 0.717) is 5.92 Å². The average Bonchev–Trinajstić information content (AvgIpc) is 3.17. The molecule has 0 radical (unpaired) electrons. The minimum Gasteiger partial charge on any atom is -0.299 e. The first kappa shape index (κ1) is 12.7. The van der Waals surface area contributed by atoms with Crippen molar-refractivity contribution in [2.75, 3.05) is 24.6 Å². The predicted octanol–water partition coefficient (Wildman–Crippen LogP) is 2.41. The molecule has 0 N–H and O–H groups in total. The van der Waals surface area contributed by atoms with E-state index in [-0.39, 0.29) is 0 Å². The zero-order valence-corrected chi connectivity index (χ0v) is 12.4. The molecule has 0 saturated carbocycles. The minimum atomic E-state index is 0.567. The highest BCUT2D eigenvalue weighted by molar-refractivity contribution is 7.99. The van der Waals surface area contributed by atoms with Gasteiger partial charge >= 0.3 is 0 Å². The molecule has 0 aliphatic carbocycles. The summed E-state index contributed by atoms with van der Waals surface area (Å²) in [7, 11) is 0. The molecule has 4 nitrogen and oxygen atoms in total. The van der Waals surface area contributed by atoms with E-state index in [1.807, 2.05) is 12.1 Å². The molecule has 0 aromatic carbocycles. The first-order valence-corrected chi connectivity index (χ1v) is 8.69. The van der Waals surface area contributed by atoms with E-state index in [1.54, 1.807) is 0 Å². The fourth-order valence-corrected chi connectivity index (χ4v) is 4.73. The lowest BCUT2D eigenvalue weighted by atomic mass is 9.95. The first-order chi connectivity index (χ1) is 9.92. The van der Waals surface area contributed by atoms with Crippen LogP contribution in [-0.4, -0.2) is 50.1 Å². The van der Waals surface area contributed by atoms with E-state index >= 15 is 0 Å². The van der Waals surface area contributed by atoms with Gasteiger partial charge in [-0.3, -0.25) is 9.30 Å². The number of hydrogen-bond donors (Lipinski definition) is 0. The summed E-state index contributed by atoms with van der Waals surface area (Å²) in [4.78, 5) is 2.69. The van der Waals surface area contributed by atoms with E-state index in [1.165, 1.54) is 43.9 Å². The second-order valence-electron chi connectivity index (χ2n) is 5.81. The molecule has 0 bridgehead atoms. The fourth-order valence-electron chi connectivity index (χ4n) is 3.47. The fraction of sp³-hybridized carbons (Fsp3) is 0.600. The molecular formula is C15H20N4S. The third kappa shape index (κ3) is 2.23. The summed E-state index contributed by atoms with van der Waals surface area (Å²) in [5.74, 6) is 4.40. The smallest absolute Gasteiger partial charge is 0.160 e. The van der Waals surface area contributed by atoms with Gasteiger partial charge in [0.1, 0.15) is 5.82 Å². The van der Waals surface area contributed by atoms with Crippen LogP contribution >= 0.6 is 11.8 Å². The van der Waals surface area contributed by atoms with Crippen molar-refractivity contribution in [3.8, 4) is 0 Å². The molecule has 2 saturated heterocycles. The van der Waals surface area contributed by atoms with E-state index in [4.69, 9.17) is 0 Å². The van der Waals surface area contributed by atoms with Crippen LogP contribution in [0.15, 0.2) is 24.4 Å². The third-order valence-electron chi connectivity index (χ3n) is 4.66. The van der Waals surface area contributed by atoms with Gasteiger partial charge in [-0.25, -0.2) is 0 Å². The molecule has 2 aliphatic heterocycles. The number of thioether (sulfide) groups is 1. The highest BCUT2D eigenvalue weighted by atomic mass is 32.2. The number of nitrogens with zero attached hydrogens (tertiary/aromatic N) is 4. The Hall–Kier alpha value is -1.07. The number of aromatic nitrogens is 3. The molecule has 2 aliphatic rings. The van der Waals surface area contributed by atoms with Crippen LogP contribution in [-0.2, 0) is 0 Å². The lowest BCUT2D eigenvalue weighted by Crippen LogP contribution is -2.41.